The number of hydrogen-bond acceptors (Lipinski definition) is 2. The van der Waals surface area contributed by atoms with Gasteiger partial charge in [-0.2, -0.15) is 0 Å². The van der Waals surface area contributed by atoms with Crippen LogP contribution in [-0.4, -0.2) is 14.2 Å². The molecular formula is C19H21ClO2. The number of methoxy groups -OCH3 is 2. The van der Waals surface area contributed by atoms with E-state index in [0.717, 1.165) is 41.4 Å². The third kappa shape index (κ3) is 4.81. The summed E-state index contributed by atoms with van der Waals surface area (Å²) in [6.45, 7) is 0. The Bertz CT molecular complexity index is 621. The molecule has 22 heavy (non-hydrogen) atoms. The number of rotatable bonds is 7. The topological polar surface area (TPSA) is 18.5 Å². The summed E-state index contributed by atoms with van der Waals surface area (Å²) in [5.41, 5.74) is 2.31. The minimum absolute atomic E-state index is 0.764. The van der Waals surface area contributed by atoms with Gasteiger partial charge in [0.25, 0.3) is 0 Å². The summed E-state index contributed by atoms with van der Waals surface area (Å²) < 4.78 is 10.6. The van der Waals surface area contributed by atoms with E-state index in [1.54, 1.807) is 14.2 Å². The van der Waals surface area contributed by atoms with Gasteiger partial charge in [0.05, 0.1) is 14.2 Å². The first-order valence-corrected chi connectivity index (χ1v) is 7.72. The van der Waals surface area contributed by atoms with E-state index in [1.165, 1.54) is 5.56 Å². The molecule has 2 aromatic carbocycles. The molecule has 0 bridgehead atoms. The molecule has 0 atom stereocenters. The van der Waals surface area contributed by atoms with Crippen LogP contribution in [0.4, 0.5) is 0 Å². The van der Waals surface area contributed by atoms with Gasteiger partial charge in [0.2, 0.25) is 0 Å². The van der Waals surface area contributed by atoms with Crippen molar-refractivity contribution in [1.82, 2.24) is 0 Å². The van der Waals surface area contributed by atoms with Crippen LogP contribution < -0.4 is 9.47 Å². The first-order valence-electron chi connectivity index (χ1n) is 7.35. The standard InChI is InChI=1S/C19H21ClO2/c1-21-18-12-11-16(19(14-18)22-2)13-17(20)10-6-9-15-7-4-3-5-8-15/h3-5,7-8,11-14H,6,9-10H2,1-2H3/b17-13-. The van der Waals surface area contributed by atoms with Crippen LogP contribution in [0.2, 0.25) is 0 Å². The zero-order valence-corrected chi connectivity index (χ0v) is 13.8. The lowest BCUT2D eigenvalue weighted by atomic mass is 10.1. The number of aryl methyl sites for hydroxylation is 1. The molecular weight excluding hydrogens is 296 g/mol. The maximum absolute atomic E-state index is 6.36. The summed E-state index contributed by atoms with van der Waals surface area (Å²) in [6.07, 6.45) is 4.87. The SMILES string of the molecule is COc1ccc(/C=C(\Cl)CCCc2ccccc2)c(OC)c1. The van der Waals surface area contributed by atoms with Crippen LogP contribution in [0.25, 0.3) is 6.08 Å². The predicted octanol–water partition coefficient (Wildman–Crippen LogP) is 5.31. The van der Waals surface area contributed by atoms with Crippen molar-refractivity contribution in [1.29, 1.82) is 0 Å². The Morgan fingerprint density at radius 2 is 1.82 bits per heavy atom. The van der Waals surface area contributed by atoms with E-state index < -0.39 is 0 Å². The molecule has 0 aliphatic rings. The molecule has 0 fully saturated rings. The van der Waals surface area contributed by atoms with Crippen LogP contribution in [0.15, 0.2) is 53.6 Å². The van der Waals surface area contributed by atoms with Crippen molar-refractivity contribution in [2.45, 2.75) is 19.3 Å². The average Bonchev–Trinajstić information content (AvgIpc) is 2.56. The predicted molar refractivity (Wildman–Crippen MR) is 92.8 cm³/mol. The maximum Gasteiger partial charge on any atom is 0.129 e. The average molecular weight is 317 g/mol. The van der Waals surface area contributed by atoms with Crippen molar-refractivity contribution < 1.29 is 9.47 Å². The molecule has 0 N–H and O–H groups in total. The Kier molecular flexibility index (Phi) is 6.35. The zero-order valence-electron chi connectivity index (χ0n) is 13.0. The molecule has 0 radical (unpaired) electrons. The van der Waals surface area contributed by atoms with Crippen molar-refractivity contribution in [3.63, 3.8) is 0 Å². The van der Waals surface area contributed by atoms with Gasteiger partial charge in [-0.1, -0.05) is 41.9 Å². The first-order chi connectivity index (χ1) is 10.7. The fourth-order valence-corrected chi connectivity index (χ4v) is 2.54. The monoisotopic (exact) mass is 316 g/mol. The van der Waals surface area contributed by atoms with E-state index in [1.807, 2.05) is 30.3 Å². The van der Waals surface area contributed by atoms with Crippen LogP contribution in [0.3, 0.4) is 0 Å². The Labute approximate surface area is 137 Å². The van der Waals surface area contributed by atoms with Crippen molar-refractivity contribution in [3.05, 3.63) is 64.7 Å². The third-order valence-electron chi connectivity index (χ3n) is 3.48. The second kappa shape index (κ2) is 8.50. The fourth-order valence-electron chi connectivity index (χ4n) is 2.28. The number of benzene rings is 2. The van der Waals surface area contributed by atoms with Gasteiger partial charge < -0.3 is 9.47 Å². The normalized spacial score (nSPS) is 11.3. The van der Waals surface area contributed by atoms with E-state index in [4.69, 9.17) is 21.1 Å². The van der Waals surface area contributed by atoms with Gasteiger partial charge in [0, 0.05) is 16.7 Å². The van der Waals surface area contributed by atoms with Crippen LogP contribution in [0.5, 0.6) is 11.5 Å². The van der Waals surface area contributed by atoms with Crippen molar-refractivity contribution in [2.24, 2.45) is 0 Å². The number of halogens is 1. The fraction of sp³-hybridized carbons (Fsp3) is 0.263. The van der Waals surface area contributed by atoms with Crippen molar-refractivity contribution in [3.8, 4) is 11.5 Å². The first kappa shape index (κ1) is 16.4. The number of ether oxygens (including phenoxy) is 2. The molecule has 0 saturated carbocycles. The van der Waals surface area contributed by atoms with Crippen LogP contribution >= 0.6 is 11.6 Å². The van der Waals surface area contributed by atoms with E-state index >= 15 is 0 Å². The van der Waals surface area contributed by atoms with Crippen molar-refractivity contribution in [2.75, 3.05) is 14.2 Å². The Morgan fingerprint density at radius 3 is 2.50 bits per heavy atom. The quantitative estimate of drug-likeness (QED) is 0.689. The summed E-state index contributed by atoms with van der Waals surface area (Å²) in [6, 6.07) is 16.2. The highest BCUT2D eigenvalue weighted by molar-refractivity contribution is 6.31. The Hall–Kier alpha value is -1.93. The number of hydrogen-bond donors (Lipinski definition) is 0. The lowest BCUT2D eigenvalue weighted by molar-refractivity contribution is 0.393. The van der Waals surface area contributed by atoms with Crippen LogP contribution in [0.1, 0.15) is 24.0 Å². The second-order valence-corrected chi connectivity index (χ2v) is 5.52. The molecule has 0 amide bonds. The molecule has 116 valence electrons. The van der Waals surface area contributed by atoms with Gasteiger partial charge in [-0.15, -0.1) is 0 Å². The van der Waals surface area contributed by atoms with E-state index in [-0.39, 0.29) is 0 Å². The highest BCUT2D eigenvalue weighted by Gasteiger charge is 2.04. The molecule has 2 aromatic rings. The Balaban J connectivity index is 1.97. The largest absolute Gasteiger partial charge is 0.497 e. The van der Waals surface area contributed by atoms with Gasteiger partial charge >= 0.3 is 0 Å². The van der Waals surface area contributed by atoms with E-state index in [2.05, 4.69) is 24.3 Å². The van der Waals surface area contributed by atoms with Gasteiger partial charge in [-0.3, -0.25) is 0 Å². The molecule has 3 heteroatoms. The summed E-state index contributed by atoms with van der Waals surface area (Å²) in [7, 11) is 3.29. The molecule has 0 aliphatic carbocycles. The molecule has 2 rings (SSSR count). The second-order valence-electron chi connectivity index (χ2n) is 5.04. The maximum atomic E-state index is 6.36. The van der Waals surface area contributed by atoms with Crippen molar-refractivity contribution >= 4 is 17.7 Å². The minimum Gasteiger partial charge on any atom is -0.497 e. The highest BCUT2D eigenvalue weighted by atomic mass is 35.5. The lowest BCUT2D eigenvalue weighted by Crippen LogP contribution is -1.90. The molecule has 2 nitrogen and oxygen atoms in total. The van der Waals surface area contributed by atoms with E-state index in [0.29, 0.717) is 0 Å². The van der Waals surface area contributed by atoms with E-state index in [9.17, 15) is 0 Å². The van der Waals surface area contributed by atoms with Crippen LogP contribution in [0, 0.1) is 0 Å². The summed E-state index contributed by atoms with van der Waals surface area (Å²) in [4.78, 5) is 0. The summed E-state index contributed by atoms with van der Waals surface area (Å²) in [5.74, 6) is 1.54. The highest BCUT2D eigenvalue weighted by Crippen LogP contribution is 2.28. The smallest absolute Gasteiger partial charge is 0.129 e. The third-order valence-corrected chi connectivity index (χ3v) is 3.77. The van der Waals surface area contributed by atoms with Gasteiger partial charge in [0.15, 0.2) is 0 Å². The van der Waals surface area contributed by atoms with Gasteiger partial charge in [0.1, 0.15) is 11.5 Å². The molecule has 0 aromatic heterocycles. The van der Waals surface area contributed by atoms with Gasteiger partial charge in [-0.25, -0.2) is 0 Å². The molecule has 0 aliphatic heterocycles. The van der Waals surface area contributed by atoms with Gasteiger partial charge in [-0.05, 0) is 43.0 Å². The number of allylic oxidation sites excluding steroid dienone is 1. The minimum atomic E-state index is 0.764. The zero-order chi connectivity index (χ0) is 15.8. The molecule has 0 unspecified atom stereocenters. The summed E-state index contributed by atoms with van der Waals surface area (Å²) >= 11 is 6.36. The molecule has 0 spiro atoms. The van der Waals surface area contributed by atoms with Crippen LogP contribution in [-0.2, 0) is 6.42 Å². The lowest BCUT2D eigenvalue weighted by Gasteiger charge is -2.08. The molecule has 0 saturated heterocycles. The Morgan fingerprint density at radius 1 is 1.05 bits per heavy atom. The molecule has 0 heterocycles. The summed E-state index contributed by atoms with van der Waals surface area (Å²) in [5, 5.41) is 0.833.